The SMILES string of the molecule is C[C@H](O)c1ccccc1OCc1sccc1Br. The van der Waals surface area contributed by atoms with E-state index < -0.39 is 6.10 Å². The molecule has 4 heteroatoms. The van der Waals surface area contributed by atoms with Gasteiger partial charge in [-0.3, -0.25) is 0 Å². The Morgan fingerprint density at radius 2 is 2.12 bits per heavy atom. The van der Waals surface area contributed by atoms with Crippen LogP contribution in [-0.4, -0.2) is 5.11 Å². The molecule has 2 nitrogen and oxygen atoms in total. The summed E-state index contributed by atoms with van der Waals surface area (Å²) in [4.78, 5) is 1.14. The summed E-state index contributed by atoms with van der Waals surface area (Å²) in [5.41, 5.74) is 0.820. The zero-order valence-corrected chi connectivity index (χ0v) is 11.8. The Morgan fingerprint density at radius 1 is 1.35 bits per heavy atom. The highest BCUT2D eigenvalue weighted by Crippen LogP contribution is 2.28. The number of ether oxygens (including phenoxy) is 1. The number of rotatable bonds is 4. The monoisotopic (exact) mass is 312 g/mol. The number of aliphatic hydroxyl groups excluding tert-OH is 1. The molecule has 1 atom stereocenters. The topological polar surface area (TPSA) is 29.5 Å². The van der Waals surface area contributed by atoms with Gasteiger partial charge in [-0.2, -0.15) is 0 Å². The van der Waals surface area contributed by atoms with E-state index >= 15 is 0 Å². The van der Waals surface area contributed by atoms with Gasteiger partial charge < -0.3 is 9.84 Å². The van der Waals surface area contributed by atoms with Crippen LogP contribution in [0.25, 0.3) is 0 Å². The van der Waals surface area contributed by atoms with Crippen molar-refractivity contribution in [3.63, 3.8) is 0 Å². The molecule has 2 rings (SSSR count). The molecule has 0 unspecified atom stereocenters. The summed E-state index contributed by atoms with van der Waals surface area (Å²) in [7, 11) is 0. The van der Waals surface area contributed by atoms with Crippen molar-refractivity contribution in [3.8, 4) is 5.75 Å². The van der Waals surface area contributed by atoms with Crippen LogP contribution in [0.2, 0.25) is 0 Å². The first-order chi connectivity index (χ1) is 8.18. The average molecular weight is 313 g/mol. The van der Waals surface area contributed by atoms with Gasteiger partial charge in [-0.15, -0.1) is 11.3 Å². The van der Waals surface area contributed by atoms with E-state index in [4.69, 9.17) is 4.74 Å². The maximum absolute atomic E-state index is 9.63. The van der Waals surface area contributed by atoms with E-state index in [9.17, 15) is 5.11 Å². The Labute approximate surface area is 113 Å². The predicted molar refractivity (Wildman–Crippen MR) is 73.4 cm³/mol. The minimum atomic E-state index is -0.516. The Morgan fingerprint density at radius 3 is 2.76 bits per heavy atom. The molecule has 2 aromatic rings. The van der Waals surface area contributed by atoms with Crippen molar-refractivity contribution in [1.82, 2.24) is 0 Å². The summed E-state index contributed by atoms with van der Waals surface area (Å²) in [6.45, 7) is 2.26. The van der Waals surface area contributed by atoms with Crippen LogP contribution in [0.4, 0.5) is 0 Å². The molecule has 17 heavy (non-hydrogen) atoms. The van der Waals surface area contributed by atoms with E-state index in [0.29, 0.717) is 6.61 Å². The molecule has 0 saturated heterocycles. The van der Waals surface area contributed by atoms with E-state index in [-0.39, 0.29) is 0 Å². The Bertz CT molecular complexity index is 494. The molecule has 0 bridgehead atoms. The third-order valence-corrected chi connectivity index (χ3v) is 4.32. The lowest BCUT2D eigenvalue weighted by Crippen LogP contribution is -1.99. The highest BCUT2D eigenvalue weighted by molar-refractivity contribution is 9.10. The normalized spacial score (nSPS) is 12.4. The molecule has 1 N–H and O–H groups in total. The minimum Gasteiger partial charge on any atom is -0.488 e. The number of hydrogen-bond acceptors (Lipinski definition) is 3. The van der Waals surface area contributed by atoms with E-state index in [1.807, 2.05) is 35.7 Å². The van der Waals surface area contributed by atoms with Crippen LogP contribution in [0.15, 0.2) is 40.2 Å². The van der Waals surface area contributed by atoms with E-state index in [2.05, 4.69) is 15.9 Å². The van der Waals surface area contributed by atoms with Gasteiger partial charge in [0.1, 0.15) is 12.4 Å². The second kappa shape index (κ2) is 5.67. The maximum Gasteiger partial charge on any atom is 0.125 e. The summed E-state index contributed by atoms with van der Waals surface area (Å²) in [6, 6.07) is 9.57. The van der Waals surface area contributed by atoms with Gasteiger partial charge in [0.2, 0.25) is 0 Å². The van der Waals surface area contributed by atoms with Crippen molar-refractivity contribution in [3.05, 3.63) is 50.6 Å². The van der Waals surface area contributed by atoms with Gasteiger partial charge in [-0.1, -0.05) is 18.2 Å². The largest absolute Gasteiger partial charge is 0.488 e. The fourth-order valence-electron chi connectivity index (χ4n) is 1.53. The van der Waals surface area contributed by atoms with E-state index in [1.165, 1.54) is 0 Å². The molecule has 1 aromatic heterocycles. The van der Waals surface area contributed by atoms with Crippen molar-refractivity contribution in [2.24, 2.45) is 0 Å². The zero-order valence-electron chi connectivity index (χ0n) is 9.39. The lowest BCUT2D eigenvalue weighted by Gasteiger charge is -2.12. The van der Waals surface area contributed by atoms with E-state index in [1.54, 1.807) is 18.3 Å². The second-order valence-electron chi connectivity index (χ2n) is 3.69. The summed E-state index contributed by atoms with van der Waals surface area (Å²) in [5.74, 6) is 0.739. The maximum atomic E-state index is 9.63. The Hall–Kier alpha value is -0.840. The van der Waals surface area contributed by atoms with Crippen LogP contribution < -0.4 is 4.74 Å². The lowest BCUT2D eigenvalue weighted by molar-refractivity contribution is 0.190. The number of aliphatic hydroxyl groups is 1. The quantitative estimate of drug-likeness (QED) is 0.919. The fraction of sp³-hybridized carbons (Fsp3) is 0.231. The summed E-state index contributed by atoms with van der Waals surface area (Å²) >= 11 is 5.12. The van der Waals surface area contributed by atoms with Crippen molar-refractivity contribution < 1.29 is 9.84 Å². The van der Waals surface area contributed by atoms with Crippen LogP contribution in [0.3, 0.4) is 0 Å². The van der Waals surface area contributed by atoms with Crippen LogP contribution in [0.5, 0.6) is 5.75 Å². The Balaban J connectivity index is 2.11. The number of hydrogen-bond donors (Lipinski definition) is 1. The number of benzene rings is 1. The Kier molecular flexibility index (Phi) is 4.20. The van der Waals surface area contributed by atoms with Gasteiger partial charge in [-0.05, 0) is 40.4 Å². The van der Waals surface area contributed by atoms with Gasteiger partial charge in [0.05, 0.1) is 11.0 Å². The van der Waals surface area contributed by atoms with Crippen LogP contribution in [0, 0.1) is 0 Å². The molecule has 90 valence electrons. The van der Waals surface area contributed by atoms with Crippen molar-refractivity contribution in [2.75, 3.05) is 0 Å². The number of para-hydroxylation sites is 1. The summed E-state index contributed by atoms with van der Waals surface area (Å²) in [6.07, 6.45) is -0.516. The van der Waals surface area contributed by atoms with Gasteiger partial charge in [0.15, 0.2) is 0 Å². The summed E-state index contributed by atoms with van der Waals surface area (Å²) in [5, 5.41) is 11.6. The van der Waals surface area contributed by atoms with Gasteiger partial charge >= 0.3 is 0 Å². The molecular weight excluding hydrogens is 300 g/mol. The molecule has 0 aliphatic rings. The smallest absolute Gasteiger partial charge is 0.125 e. The molecule has 0 aliphatic carbocycles. The molecule has 1 aromatic carbocycles. The molecule has 0 aliphatic heterocycles. The molecule has 0 saturated carbocycles. The predicted octanol–water partition coefficient (Wildman–Crippen LogP) is 4.14. The van der Waals surface area contributed by atoms with Gasteiger partial charge in [0, 0.05) is 10.0 Å². The number of thiophene rings is 1. The fourth-order valence-corrected chi connectivity index (χ4v) is 2.91. The zero-order chi connectivity index (χ0) is 12.3. The van der Waals surface area contributed by atoms with E-state index in [0.717, 1.165) is 20.7 Å². The standard InChI is InChI=1S/C13H13BrO2S/c1-9(15)10-4-2-3-5-12(10)16-8-13-11(14)6-7-17-13/h2-7,9,15H,8H2,1H3/t9-/m0/s1. The van der Waals surface area contributed by atoms with Crippen LogP contribution >= 0.6 is 27.3 Å². The average Bonchev–Trinajstić information content (AvgIpc) is 2.72. The highest BCUT2D eigenvalue weighted by Gasteiger charge is 2.09. The molecule has 0 amide bonds. The molecule has 0 spiro atoms. The van der Waals surface area contributed by atoms with Crippen LogP contribution in [-0.2, 0) is 6.61 Å². The molecular formula is C13H13BrO2S. The first-order valence-electron chi connectivity index (χ1n) is 5.30. The summed E-state index contributed by atoms with van der Waals surface area (Å²) < 4.78 is 6.81. The highest BCUT2D eigenvalue weighted by atomic mass is 79.9. The molecule has 1 heterocycles. The second-order valence-corrected chi connectivity index (χ2v) is 5.55. The van der Waals surface area contributed by atoms with Crippen molar-refractivity contribution in [1.29, 1.82) is 0 Å². The van der Waals surface area contributed by atoms with Crippen molar-refractivity contribution in [2.45, 2.75) is 19.6 Å². The third-order valence-electron chi connectivity index (χ3n) is 2.42. The minimum absolute atomic E-state index is 0.516. The first-order valence-corrected chi connectivity index (χ1v) is 6.97. The number of halogens is 1. The first kappa shape index (κ1) is 12.6. The molecule has 0 fully saturated rings. The third kappa shape index (κ3) is 3.09. The molecule has 0 radical (unpaired) electrons. The van der Waals surface area contributed by atoms with Crippen molar-refractivity contribution >= 4 is 27.3 Å². The van der Waals surface area contributed by atoms with Gasteiger partial charge in [-0.25, -0.2) is 0 Å². The van der Waals surface area contributed by atoms with Gasteiger partial charge in [0.25, 0.3) is 0 Å². The lowest BCUT2D eigenvalue weighted by atomic mass is 10.1. The van der Waals surface area contributed by atoms with Crippen LogP contribution in [0.1, 0.15) is 23.5 Å².